The van der Waals surface area contributed by atoms with Crippen LogP contribution in [-0.4, -0.2) is 49.6 Å². The highest BCUT2D eigenvalue weighted by atomic mass is 16.5. The van der Waals surface area contributed by atoms with Gasteiger partial charge >= 0.3 is 5.97 Å². The van der Waals surface area contributed by atoms with E-state index in [9.17, 15) is 9.59 Å². The van der Waals surface area contributed by atoms with Gasteiger partial charge in [-0.1, -0.05) is 30.0 Å². The Morgan fingerprint density at radius 1 is 1.43 bits per heavy atom. The number of ether oxygens (including phenoxy) is 1. The van der Waals surface area contributed by atoms with Crippen molar-refractivity contribution in [1.82, 2.24) is 10.2 Å². The molecule has 0 aromatic heterocycles. The van der Waals surface area contributed by atoms with Crippen LogP contribution in [0.25, 0.3) is 0 Å². The van der Waals surface area contributed by atoms with Crippen LogP contribution in [0.3, 0.4) is 0 Å². The topological polar surface area (TPSA) is 58.6 Å². The summed E-state index contributed by atoms with van der Waals surface area (Å²) in [6.07, 6.45) is 0.0535. The van der Waals surface area contributed by atoms with E-state index in [1.807, 2.05) is 30.3 Å². The molecule has 1 saturated heterocycles. The number of nitrogens with one attached hydrogen (secondary N) is 1. The van der Waals surface area contributed by atoms with Crippen LogP contribution in [0.4, 0.5) is 0 Å². The zero-order valence-electron chi connectivity index (χ0n) is 12.0. The van der Waals surface area contributed by atoms with E-state index >= 15 is 0 Å². The van der Waals surface area contributed by atoms with Crippen molar-refractivity contribution in [2.24, 2.45) is 0 Å². The van der Waals surface area contributed by atoms with Crippen molar-refractivity contribution < 1.29 is 14.3 Å². The highest BCUT2D eigenvalue weighted by Gasteiger charge is 2.29. The number of esters is 1. The number of hydrogen-bond acceptors (Lipinski definition) is 4. The summed E-state index contributed by atoms with van der Waals surface area (Å²) in [6, 6.07) is 9.12. The van der Waals surface area contributed by atoms with Crippen LogP contribution in [0.2, 0.25) is 0 Å². The molecule has 1 unspecified atom stereocenters. The second-order valence-electron chi connectivity index (χ2n) is 4.71. The van der Waals surface area contributed by atoms with Crippen LogP contribution in [0.15, 0.2) is 30.3 Å². The van der Waals surface area contributed by atoms with Gasteiger partial charge in [-0.15, -0.1) is 0 Å². The standard InChI is InChI=1S/C16H18N2O3/c1-21-15(19)12-14-16(20)18(11-9-17-14)10-5-8-13-6-3-2-4-7-13/h2-4,6-7,14,17H,9-12H2,1H3. The summed E-state index contributed by atoms with van der Waals surface area (Å²) >= 11 is 0. The van der Waals surface area contributed by atoms with E-state index in [1.54, 1.807) is 4.90 Å². The predicted molar refractivity (Wildman–Crippen MR) is 78.3 cm³/mol. The first kappa shape index (κ1) is 15.1. The van der Waals surface area contributed by atoms with Crippen molar-refractivity contribution >= 4 is 11.9 Å². The Balaban J connectivity index is 1.93. The molecule has 1 aromatic carbocycles. The molecule has 1 aliphatic rings. The Bertz CT molecular complexity index is 560. The smallest absolute Gasteiger partial charge is 0.307 e. The van der Waals surface area contributed by atoms with Gasteiger partial charge in [0.1, 0.15) is 0 Å². The fourth-order valence-corrected chi connectivity index (χ4v) is 2.12. The van der Waals surface area contributed by atoms with E-state index < -0.39 is 12.0 Å². The summed E-state index contributed by atoms with van der Waals surface area (Å²) < 4.78 is 4.60. The van der Waals surface area contributed by atoms with E-state index in [0.717, 1.165) is 5.56 Å². The Morgan fingerprint density at radius 3 is 2.90 bits per heavy atom. The summed E-state index contributed by atoms with van der Waals surface area (Å²) in [6.45, 7) is 1.62. The van der Waals surface area contributed by atoms with Gasteiger partial charge in [0.05, 0.1) is 26.1 Å². The molecule has 0 spiro atoms. The zero-order chi connectivity index (χ0) is 15.1. The summed E-state index contributed by atoms with van der Waals surface area (Å²) in [5.41, 5.74) is 0.922. The Morgan fingerprint density at radius 2 is 2.19 bits per heavy atom. The second kappa shape index (κ2) is 7.46. The zero-order valence-corrected chi connectivity index (χ0v) is 12.0. The average Bonchev–Trinajstić information content (AvgIpc) is 2.52. The molecule has 1 aliphatic heterocycles. The van der Waals surface area contributed by atoms with Crippen molar-refractivity contribution in [2.75, 3.05) is 26.7 Å². The first-order valence-corrected chi connectivity index (χ1v) is 6.83. The van der Waals surface area contributed by atoms with Crippen molar-refractivity contribution in [1.29, 1.82) is 0 Å². The van der Waals surface area contributed by atoms with E-state index in [0.29, 0.717) is 19.6 Å². The lowest BCUT2D eigenvalue weighted by molar-refractivity contribution is -0.146. The summed E-state index contributed by atoms with van der Waals surface area (Å²) in [4.78, 5) is 25.1. The van der Waals surface area contributed by atoms with E-state index in [-0.39, 0.29) is 12.3 Å². The number of carbonyl (C=O) groups excluding carboxylic acids is 2. The quantitative estimate of drug-likeness (QED) is 0.645. The second-order valence-corrected chi connectivity index (χ2v) is 4.71. The lowest BCUT2D eigenvalue weighted by Crippen LogP contribution is -2.55. The fraction of sp³-hybridized carbons (Fsp3) is 0.375. The predicted octanol–water partition coefficient (Wildman–Crippen LogP) is 0.402. The van der Waals surface area contributed by atoms with Gasteiger partial charge in [0, 0.05) is 18.7 Å². The molecule has 1 amide bonds. The molecule has 1 atom stereocenters. The monoisotopic (exact) mass is 286 g/mol. The maximum absolute atomic E-state index is 12.2. The first-order valence-electron chi connectivity index (χ1n) is 6.83. The van der Waals surface area contributed by atoms with E-state index in [1.165, 1.54) is 7.11 Å². The van der Waals surface area contributed by atoms with Gasteiger partial charge in [0.2, 0.25) is 5.91 Å². The van der Waals surface area contributed by atoms with Crippen LogP contribution in [0, 0.1) is 11.8 Å². The third-order valence-corrected chi connectivity index (χ3v) is 3.26. The third-order valence-electron chi connectivity index (χ3n) is 3.26. The molecule has 1 aromatic rings. The van der Waals surface area contributed by atoms with Crippen LogP contribution < -0.4 is 5.32 Å². The minimum Gasteiger partial charge on any atom is -0.469 e. The minimum atomic E-state index is -0.510. The molecule has 0 radical (unpaired) electrons. The van der Waals surface area contributed by atoms with Gasteiger partial charge in [-0.3, -0.25) is 9.59 Å². The van der Waals surface area contributed by atoms with Crippen molar-refractivity contribution in [3.63, 3.8) is 0 Å². The van der Waals surface area contributed by atoms with Crippen molar-refractivity contribution in [2.45, 2.75) is 12.5 Å². The van der Waals surface area contributed by atoms with E-state index in [4.69, 9.17) is 0 Å². The Kier molecular flexibility index (Phi) is 5.35. The lowest BCUT2D eigenvalue weighted by Gasteiger charge is -2.31. The van der Waals surface area contributed by atoms with Gasteiger partial charge in [-0.05, 0) is 12.1 Å². The number of nitrogens with zero attached hydrogens (tertiary/aromatic N) is 1. The molecule has 2 rings (SSSR count). The average molecular weight is 286 g/mol. The lowest BCUT2D eigenvalue weighted by atomic mass is 10.1. The van der Waals surface area contributed by atoms with Crippen LogP contribution in [0.5, 0.6) is 0 Å². The number of carbonyl (C=O) groups is 2. The molecule has 0 saturated carbocycles. The van der Waals surface area contributed by atoms with Crippen LogP contribution in [-0.2, 0) is 14.3 Å². The minimum absolute atomic E-state index is 0.0535. The Hall–Kier alpha value is -2.32. The van der Waals surface area contributed by atoms with Gasteiger partial charge < -0.3 is 15.0 Å². The number of amides is 1. The van der Waals surface area contributed by atoms with Crippen molar-refractivity contribution in [3.05, 3.63) is 35.9 Å². The van der Waals surface area contributed by atoms with Gasteiger partial charge in [-0.25, -0.2) is 0 Å². The van der Waals surface area contributed by atoms with Gasteiger partial charge in [0.25, 0.3) is 0 Å². The molecule has 21 heavy (non-hydrogen) atoms. The molecule has 5 nitrogen and oxygen atoms in total. The Labute approximate surface area is 124 Å². The molecule has 0 aliphatic carbocycles. The molecular weight excluding hydrogens is 268 g/mol. The molecule has 5 heteroatoms. The van der Waals surface area contributed by atoms with Gasteiger partial charge in [-0.2, -0.15) is 0 Å². The SMILES string of the molecule is COC(=O)CC1NCCN(CC#Cc2ccccc2)C1=O. The van der Waals surface area contributed by atoms with Crippen molar-refractivity contribution in [3.8, 4) is 11.8 Å². The number of rotatable bonds is 3. The maximum Gasteiger partial charge on any atom is 0.307 e. The molecule has 110 valence electrons. The largest absolute Gasteiger partial charge is 0.469 e. The number of hydrogen-bond donors (Lipinski definition) is 1. The normalized spacial score (nSPS) is 17.9. The third kappa shape index (κ3) is 4.33. The summed E-state index contributed by atoms with van der Waals surface area (Å²) in [5.74, 6) is 5.53. The molecular formula is C16H18N2O3. The molecule has 1 fully saturated rings. The van der Waals surface area contributed by atoms with Crippen LogP contribution >= 0.6 is 0 Å². The highest BCUT2D eigenvalue weighted by molar-refractivity contribution is 5.87. The number of benzene rings is 1. The number of piperazine rings is 1. The highest BCUT2D eigenvalue weighted by Crippen LogP contribution is 2.05. The molecule has 1 N–H and O–H groups in total. The van der Waals surface area contributed by atoms with E-state index in [2.05, 4.69) is 21.9 Å². The summed E-state index contributed by atoms with van der Waals surface area (Å²) in [7, 11) is 1.32. The summed E-state index contributed by atoms with van der Waals surface area (Å²) in [5, 5.41) is 3.03. The van der Waals surface area contributed by atoms with Crippen LogP contribution in [0.1, 0.15) is 12.0 Å². The molecule has 1 heterocycles. The van der Waals surface area contributed by atoms with Gasteiger partial charge in [0.15, 0.2) is 0 Å². The first-order chi connectivity index (χ1) is 10.2. The molecule has 0 bridgehead atoms. The fourth-order valence-electron chi connectivity index (χ4n) is 2.12. The number of methoxy groups -OCH3 is 1. The maximum atomic E-state index is 12.2.